The van der Waals surface area contributed by atoms with Gasteiger partial charge in [0.15, 0.2) is 0 Å². The fourth-order valence-corrected chi connectivity index (χ4v) is 3.27. The molecule has 2 nitrogen and oxygen atoms in total. The minimum Gasteiger partial charge on any atom is -0.311 e. The van der Waals surface area contributed by atoms with Crippen LogP contribution in [0.3, 0.4) is 0 Å². The van der Waals surface area contributed by atoms with Crippen molar-refractivity contribution in [1.29, 1.82) is 0 Å². The second-order valence-corrected chi connectivity index (χ2v) is 7.93. The summed E-state index contributed by atoms with van der Waals surface area (Å²) in [6.07, 6.45) is 3.91. The van der Waals surface area contributed by atoms with Crippen LogP contribution in [-0.2, 0) is 0 Å². The zero-order valence-electron chi connectivity index (χ0n) is 14.3. The van der Waals surface area contributed by atoms with E-state index in [9.17, 15) is 0 Å². The van der Waals surface area contributed by atoms with Gasteiger partial charge in [0.1, 0.15) is 0 Å². The molecule has 0 aromatic rings. The quantitative estimate of drug-likeness (QED) is 0.785. The van der Waals surface area contributed by atoms with Crippen LogP contribution in [0.1, 0.15) is 67.7 Å². The Balaban J connectivity index is 2.65. The molecule has 1 aliphatic heterocycles. The van der Waals surface area contributed by atoms with Crippen LogP contribution >= 0.6 is 0 Å². The van der Waals surface area contributed by atoms with E-state index in [0.29, 0.717) is 5.41 Å². The van der Waals surface area contributed by atoms with Gasteiger partial charge in [-0.1, -0.05) is 20.8 Å². The monoisotopic (exact) mass is 268 g/mol. The number of rotatable bonds is 6. The molecular weight excluding hydrogens is 232 g/mol. The smallest absolute Gasteiger partial charge is 0.00967 e. The average molecular weight is 268 g/mol. The molecule has 0 aromatic carbocycles. The second kappa shape index (κ2) is 6.58. The van der Waals surface area contributed by atoms with Crippen molar-refractivity contribution < 1.29 is 0 Å². The molecule has 1 saturated heterocycles. The van der Waals surface area contributed by atoms with E-state index < -0.39 is 0 Å². The zero-order chi connectivity index (χ0) is 14.7. The number of hydrogen-bond donors (Lipinski definition) is 1. The predicted octanol–water partition coefficient (Wildman–Crippen LogP) is 3.91. The van der Waals surface area contributed by atoms with Gasteiger partial charge in [0.2, 0.25) is 0 Å². The van der Waals surface area contributed by atoms with E-state index in [1.54, 1.807) is 0 Å². The van der Waals surface area contributed by atoms with Gasteiger partial charge in [-0.05, 0) is 58.3 Å². The third kappa shape index (κ3) is 5.07. The number of nitrogens with zero attached hydrogens (tertiary/aromatic N) is 1. The molecule has 0 aromatic heterocycles. The maximum Gasteiger partial charge on any atom is 0.00967 e. The van der Waals surface area contributed by atoms with Gasteiger partial charge in [-0.25, -0.2) is 0 Å². The number of nitrogens with one attached hydrogen (secondary N) is 1. The molecule has 2 unspecified atom stereocenters. The Bertz CT molecular complexity index is 263. The van der Waals surface area contributed by atoms with Gasteiger partial charge >= 0.3 is 0 Å². The number of likely N-dealkylation sites (tertiary alicyclic amines) is 1. The summed E-state index contributed by atoms with van der Waals surface area (Å²) >= 11 is 0. The Morgan fingerprint density at radius 3 is 2.05 bits per heavy atom. The second-order valence-electron chi connectivity index (χ2n) is 7.93. The Labute approximate surface area is 121 Å². The summed E-state index contributed by atoms with van der Waals surface area (Å²) in [4.78, 5) is 2.72. The van der Waals surface area contributed by atoms with Crippen LogP contribution in [0, 0.1) is 11.3 Å². The average Bonchev–Trinajstić information content (AvgIpc) is 2.62. The molecule has 19 heavy (non-hydrogen) atoms. The summed E-state index contributed by atoms with van der Waals surface area (Å²) in [5.74, 6) is 0.872. The van der Waals surface area contributed by atoms with Crippen molar-refractivity contribution in [1.82, 2.24) is 10.2 Å². The van der Waals surface area contributed by atoms with Gasteiger partial charge in [-0.3, -0.25) is 4.90 Å². The molecule has 0 bridgehead atoms. The summed E-state index contributed by atoms with van der Waals surface area (Å²) in [7, 11) is 0. The van der Waals surface area contributed by atoms with Crippen molar-refractivity contribution in [3.8, 4) is 0 Å². The van der Waals surface area contributed by atoms with E-state index in [1.165, 1.54) is 32.4 Å². The normalized spacial score (nSPS) is 26.1. The summed E-state index contributed by atoms with van der Waals surface area (Å²) in [6.45, 7) is 20.0. The molecule has 1 rings (SSSR count). The summed E-state index contributed by atoms with van der Waals surface area (Å²) in [5, 5.41) is 3.74. The first-order chi connectivity index (χ1) is 8.71. The van der Waals surface area contributed by atoms with Crippen molar-refractivity contribution in [2.24, 2.45) is 11.3 Å². The van der Waals surface area contributed by atoms with E-state index in [0.717, 1.165) is 18.5 Å². The lowest BCUT2D eigenvalue weighted by Gasteiger charge is -2.39. The highest BCUT2D eigenvalue weighted by Gasteiger charge is 2.34. The lowest BCUT2D eigenvalue weighted by molar-refractivity contribution is 0.120. The Kier molecular flexibility index (Phi) is 5.88. The minimum absolute atomic E-state index is 0.222. The van der Waals surface area contributed by atoms with Crippen molar-refractivity contribution in [3.05, 3.63) is 0 Å². The van der Waals surface area contributed by atoms with Gasteiger partial charge in [0.25, 0.3) is 0 Å². The molecule has 0 amide bonds. The molecule has 0 spiro atoms. The van der Waals surface area contributed by atoms with Crippen LogP contribution in [0.25, 0.3) is 0 Å². The Morgan fingerprint density at radius 2 is 1.68 bits per heavy atom. The zero-order valence-corrected chi connectivity index (χ0v) is 14.3. The summed E-state index contributed by atoms with van der Waals surface area (Å²) in [5.41, 5.74) is 0.658. The molecule has 114 valence electrons. The molecule has 1 N–H and O–H groups in total. The lowest BCUT2D eigenvalue weighted by Crippen LogP contribution is -2.49. The maximum atomic E-state index is 3.74. The highest BCUT2D eigenvalue weighted by molar-refractivity contribution is 4.90. The van der Waals surface area contributed by atoms with E-state index >= 15 is 0 Å². The van der Waals surface area contributed by atoms with E-state index in [1.807, 2.05) is 0 Å². The third-order valence-corrected chi connectivity index (χ3v) is 4.95. The largest absolute Gasteiger partial charge is 0.311 e. The Hall–Kier alpha value is -0.0800. The lowest BCUT2D eigenvalue weighted by atomic mass is 9.80. The van der Waals surface area contributed by atoms with Gasteiger partial charge in [0.05, 0.1) is 0 Å². The molecule has 0 aliphatic carbocycles. The van der Waals surface area contributed by atoms with Crippen LogP contribution in [-0.4, -0.2) is 36.1 Å². The van der Waals surface area contributed by atoms with E-state index in [2.05, 4.69) is 58.7 Å². The molecule has 2 atom stereocenters. The van der Waals surface area contributed by atoms with Gasteiger partial charge in [-0.2, -0.15) is 0 Å². The molecule has 2 heteroatoms. The molecule has 0 saturated carbocycles. The fourth-order valence-electron chi connectivity index (χ4n) is 3.27. The van der Waals surface area contributed by atoms with Crippen molar-refractivity contribution >= 4 is 0 Å². The summed E-state index contributed by atoms with van der Waals surface area (Å²) in [6, 6.07) is 0.766. The fraction of sp³-hybridized carbons (Fsp3) is 1.00. The topological polar surface area (TPSA) is 15.3 Å². The van der Waals surface area contributed by atoms with Crippen LogP contribution < -0.4 is 5.32 Å². The summed E-state index contributed by atoms with van der Waals surface area (Å²) < 4.78 is 0. The van der Waals surface area contributed by atoms with Gasteiger partial charge < -0.3 is 5.32 Å². The van der Waals surface area contributed by atoms with Crippen LogP contribution in [0.2, 0.25) is 0 Å². The number of hydrogen-bond acceptors (Lipinski definition) is 2. The molecule has 1 aliphatic rings. The van der Waals surface area contributed by atoms with Crippen LogP contribution in [0.4, 0.5) is 0 Å². The molecule has 1 heterocycles. The SMILES string of the molecule is CCC(CC)(CNC(C)(C)C)CN1CC(C)CC1C. The van der Waals surface area contributed by atoms with Gasteiger partial charge in [-0.15, -0.1) is 0 Å². The molecule has 1 fully saturated rings. The first kappa shape index (κ1) is 17.0. The van der Waals surface area contributed by atoms with Crippen molar-refractivity contribution in [3.63, 3.8) is 0 Å². The van der Waals surface area contributed by atoms with Gasteiger partial charge in [0, 0.05) is 31.2 Å². The van der Waals surface area contributed by atoms with Crippen LogP contribution in [0.15, 0.2) is 0 Å². The first-order valence-corrected chi connectivity index (χ1v) is 8.20. The molecule has 0 radical (unpaired) electrons. The van der Waals surface area contributed by atoms with Crippen LogP contribution in [0.5, 0.6) is 0 Å². The standard InChI is InChI=1S/C17H36N2/c1-8-17(9-2,12-18-16(5,6)7)13-19-11-14(3)10-15(19)4/h14-15,18H,8-13H2,1-7H3. The highest BCUT2D eigenvalue weighted by atomic mass is 15.2. The van der Waals surface area contributed by atoms with Crippen molar-refractivity contribution in [2.75, 3.05) is 19.6 Å². The molecular formula is C17H36N2. The van der Waals surface area contributed by atoms with Crippen molar-refractivity contribution in [2.45, 2.75) is 79.3 Å². The third-order valence-electron chi connectivity index (χ3n) is 4.95. The Morgan fingerprint density at radius 1 is 1.11 bits per heavy atom. The minimum atomic E-state index is 0.222. The maximum absolute atomic E-state index is 3.74. The van der Waals surface area contributed by atoms with E-state index in [4.69, 9.17) is 0 Å². The highest BCUT2D eigenvalue weighted by Crippen LogP contribution is 2.32. The van der Waals surface area contributed by atoms with E-state index in [-0.39, 0.29) is 5.54 Å². The first-order valence-electron chi connectivity index (χ1n) is 8.20. The predicted molar refractivity (Wildman–Crippen MR) is 85.6 cm³/mol.